The van der Waals surface area contributed by atoms with Gasteiger partial charge in [-0.25, -0.2) is 4.39 Å². The lowest BCUT2D eigenvalue weighted by molar-refractivity contribution is 0.272. The number of benzene rings is 1. The fraction of sp³-hybridized carbons (Fsp3) is 0.625. The lowest BCUT2D eigenvalue weighted by Crippen LogP contribution is -2.41. The molecule has 0 unspecified atom stereocenters. The fourth-order valence-corrected chi connectivity index (χ4v) is 3.62. The van der Waals surface area contributed by atoms with Crippen molar-refractivity contribution < 1.29 is 4.39 Å². The smallest absolute Gasteiger partial charge is 0.128 e. The van der Waals surface area contributed by atoms with Gasteiger partial charge in [-0.15, -0.1) is 0 Å². The average molecular weight is 284 g/mol. The van der Waals surface area contributed by atoms with Crippen LogP contribution in [0.5, 0.6) is 0 Å². The highest BCUT2D eigenvalue weighted by Gasteiger charge is 2.37. The summed E-state index contributed by atoms with van der Waals surface area (Å²) in [5.41, 5.74) is 0.621. The molecule has 1 aliphatic carbocycles. The van der Waals surface area contributed by atoms with Crippen LogP contribution >= 0.6 is 11.6 Å². The lowest BCUT2D eigenvalue weighted by Gasteiger charge is -2.39. The van der Waals surface area contributed by atoms with Crippen LogP contribution in [-0.4, -0.2) is 13.1 Å². The van der Waals surface area contributed by atoms with Gasteiger partial charge in [0.05, 0.1) is 0 Å². The third-order valence-electron chi connectivity index (χ3n) is 4.19. The molecular weight excluding hydrogens is 261 g/mol. The van der Waals surface area contributed by atoms with Crippen molar-refractivity contribution in [1.82, 2.24) is 5.32 Å². The molecule has 106 valence electrons. The molecule has 0 aliphatic heterocycles. The van der Waals surface area contributed by atoms with Crippen molar-refractivity contribution in [2.75, 3.05) is 13.1 Å². The second-order valence-electron chi connectivity index (χ2n) is 5.61. The zero-order chi connectivity index (χ0) is 13.7. The van der Waals surface area contributed by atoms with Gasteiger partial charge in [0.1, 0.15) is 5.82 Å². The van der Waals surface area contributed by atoms with Crippen LogP contribution in [0.2, 0.25) is 5.02 Å². The number of rotatable bonds is 5. The van der Waals surface area contributed by atoms with E-state index in [9.17, 15) is 4.39 Å². The number of nitrogens with one attached hydrogen (secondary N) is 1. The van der Waals surface area contributed by atoms with E-state index in [1.807, 2.05) is 6.07 Å². The van der Waals surface area contributed by atoms with Crippen LogP contribution in [0.3, 0.4) is 0 Å². The van der Waals surface area contributed by atoms with Gasteiger partial charge in [0, 0.05) is 22.5 Å². The Morgan fingerprint density at radius 1 is 1.26 bits per heavy atom. The molecule has 1 nitrogen and oxygen atoms in total. The molecule has 0 heterocycles. The van der Waals surface area contributed by atoms with Gasteiger partial charge in [0.15, 0.2) is 0 Å². The number of hydrogen-bond acceptors (Lipinski definition) is 1. The Bertz CT molecular complexity index is 393. The molecule has 0 amide bonds. The van der Waals surface area contributed by atoms with Crippen molar-refractivity contribution in [3.63, 3.8) is 0 Å². The maximum Gasteiger partial charge on any atom is 0.128 e. The highest BCUT2D eigenvalue weighted by Crippen LogP contribution is 2.43. The van der Waals surface area contributed by atoms with Gasteiger partial charge in [0.2, 0.25) is 0 Å². The van der Waals surface area contributed by atoms with E-state index >= 15 is 0 Å². The van der Waals surface area contributed by atoms with E-state index in [1.165, 1.54) is 25.3 Å². The molecule has 3 heteroatoms. The minimum atomic E-state index is -0.146. The minimum absolute atomic E-state index is 0.115. The molecule has 1 aromatic carbocycles. The molecule has 1 N–H and O–H groups in total. The molecule has 2 rings (SSSR count). The SMILES string of the molecule is CCCNCC1(c2c(F)cccc2Cl)CCCCC1. The van der Waals surface area contributed by atoms with Crippen LogP contribution in [0.4, 0.5) is 4.39 Å². The predicted octanol–water partition coefficient (Wildman–Crippen LogP) is 4.68. The lowest BCUT2D eigenvalue weighted by atomic mass is 9.69. The van der Waals surface area contributed by atoms with Crippen LogP contribution in [0, 0.1) is 5.82 Å². The monoisotopic (exact) mass is 283 g/mol. The Hall–Kier alpha value is -0.600. The second-order valence-corrected chi connectivity index (χ2v) is 6.02. The zero-order valence-corrected chi connectivity index (χ0v) is 12.4. The minimum Gasteiger partial charge on any atom is -0.316 e. The molecule has 0 bridgehead atoms. The van der Waals surface area contributed by atoms with Gasteiger partial charge in [-0.05, 0) is 37.9 Å². The van der Waals surface area contributed by atoms with Gasteiger partial charge in [-0.2, -0.15) is 0 Å². The molecule has 0 spiro atoms. The Labute approximate surface area is 120 Å². The summed E-state index contributed by atoms with van der Waals surface area (Å²) in [5.74, 6) is -0.146. The van der Waals surface area contributed by atoms with Crippen molar-refractivity contribution >= 4 is 11.6 Å². The van der Waals surface area contributed by atoms with Crippen LogP contribution < -0.4 is 5.32 Å². The molecule has 1 aliphatic rings. The van der Waals surface area contributed by atoms with Gasteiger partial charge in [-0.1, -0.05) is 43.9 Å². The van der Waals surface area contributed by atoms with E-state index < -0.39 is 0 Å². The summed E-state index contributed by atoms with van der Waals surface area (Å²) in [7, 11) is 0. The fourth-order valence-electron chi connectivity index (χ4n) is 3.25. The summed E-state index contributed by atoms with van der Waals surface area (Å²) in [5, 5.41) is 4.06. The summed E-state index contributed by atoms with van der Waals surface area (Å²) < 4.78 is 14.3. The van der Waals surface area contributed by atoms with Gasteiger partial charge in [-0.3, -0.25) is 0 Å². The Morgan fingerprint density at radius 2 is 2.00 bits per heavy atom. The first kappa shape index (κ1) is 14.8. The Kier molecular flexibility index (Phi) is 5.23. The first-order valence-electron chi connectivity index (χ1n) is 7.35. The van der Waals surface area contributed by atoms with Crippen molar-refractivity contribution in [3.05, 3.63) is 34.6 Å². The van der Waals surface area contributed by atoms with Crippen LogP contribution in [0.25, 0.3) is 0 Å². The van der Waals surface area contributed by atoms with Crippen molar-refractivity contribution in [2.45, 2.75) is 50.9 Å². The predicted molar refractivity (Wildman–Crippen MR) is 79.3 cm³/mol. The topological polar surface area (TPSA) is 12.0 Å². The van der Waals surface area contributed by atoms with E-state index in [1.54, 1.807) is 6.07 Å². The molecular formula is C16H23ClFN. The molecule has 0 atom stereocenters. The quantitative estimate of drug-likeness (QED) is 0.774. The summed E-state index contributed by atoms with van der Waals surface area (Å²) in [6, 6.07) is 5.05. The van der Waals surface area contributed by atoms with E-state index in [2.05, 4.69) is 12.2 Å². The van der Waals surface area contributed by atoms with E-state index in [-0.39, 0.29) is 11.2 Å². The zero-order valence-electron chi connectivity index (χ0n) is 11.6. The highest BCUT2D eigenvalue weighted by molar-refractivity contribution is 6.31. The number of halogens is 2. The summed E-state index contributed by atoms with van der Waals surface area (Å²) >= 11 is 6.30. The van der Waals surface area contributed by atoms with Gasteiger partial charge in [0.25, 0.3) is 0 Å². The summed E-state index contributed by atoms with van der Waals surface area (Å²) in [6.45, 7) is 3.96. The Morgan fingerprint density at radius 3 is 2.63 bits per heavy atom. The first-order chi connectivity index (χ1) is 9.19. The van der Waals surface area contributed by atoms with Gasteiger partial charge < -0.3 is 5.32 Å². The maximum atomic E-state index is 14.3. The van der Waals surface area contributed by atoms with Crippen LogP contribution in [0.15, 0.2) is 18.2 Å². The molecule has 0 aromatic heterocycles. The van der Waals surface area contributed by atoms with E-state index in [0.717, 1.165) is 37.9 Å². The van der Waals surface area contributed by atoms with Crippen molar-refractivity contribution in [2.24, 2.45) is 0 Å². The molecule has 0 radical (unpaired) electrons. The summed E-state index contributed by atoms with van der Waals surface area (Å²) in [6.07, 6.45) is 6.74. The molecule has 0 saturated heterocycles. The van der Waals surface area contributed by atoms with Gasteiger partial charge >= 0.3 is 0 Å². The van der Waals surface area contributed by atoms with Crippen LogP contribution in [0.1, 0.15) is 51.0 Å². The third-order valence-corrected chi connectivity index (χ3v) is 4.51. The number of hydrogen-bond donors (Lipinski definition) is 1. The Balaban J connectivity index is 2.30. The first-order valence-corrected chi connectivity index (χ1v) is 7.72. The average Bonchev–Trinajstić information content (AvgIpc) is 2.40. The molecule has 1 aromatic rings. The largest absolute Gasteiger partial charge is 0.316 e. The molecule has 1 saturated carbocycles. The standard InChI is InChI=1S/C16H23ClFN/c1-2-11-19-12-16(9-4-3-5-10-16)15-13(17)7-6-8-14(15)18/h6-8,19H,2-5,9-12H2,1H3. The third kappa shape index (κ3) is 3.29. The van der Waals surface area contributed by atoms with E-state index in [4.69, 9.17) is 11.6 Å². The normalized spacial score (nSPS) is 18.5. The second kappa shape index (κ2) is 6.71. The van der Waals surface area contributed by atoms with Crippen molar-refractivity contribution in [1.29, 1.82) is 0 Å². The highest BCUT2D eigenvalue weighted by atomic mass is 35.5. The van der Waals surface area contributed by atoms with Crippen molar-refractivity contribution in [3.8, 4) is 0 Å². The maximum absolute atomic E-state index is 14.3. The molecule has 1 fully saturated rings. The summed E-state index contributed by atoms with van der Waals surface area (Å²) in [4.78, 5) is 0. The van der Waals surface area contributed by atoms with Crippen LogP contribution in [-0.2, 0) is 5.41 Å². The molecule has 19 heavy (non-hydrogen) atoms. The van der Waals surface area contributed by atoms with E-state index in [0.29, 0.717) is 5.02 Å².